The molecule has 1 N–H and O–H groups in total. The molecule has 1 aliphatic rings. The minimum Gasteiger partial charge on any atom is -0.450 e. The second kappa shape index (κ2) is 5.31. The van der Waals surface area contributed by atoms with Gasteiger partial charge in [0.2, 0.25) is 5.91 Å². The standard InChI is InChI=1S/C14H18BrNO2/c1-14(2)8-7-10(9-14)16-13(17)6-4-11-3-5-12(15)18-11/h3-6,10H,7-9H2,1-2H3,(H,16,17)/b6-4+. The predicted octanol–water partition coefficient (Wildman–Crippen LogP) is 3.75. The van der Waals surface area contributed by atoms with Crippen LogP contribution in [0.15, 0.2) is 27.3 Å². The minimum absolute atomic E-state index is 0.0507. The Kier molecular flexibility index (Phi) is 3.95. The van der Waals surface area contributed by atoms with Crippen molar-refractivity contribution in [3.63, 3.8) is 0 Å². The molecule has 0 spiro atoms. The first kappa shape index (κ1) is 13.4. The van der Waals surface area contributed by atoms with Crippen LogP contribution in [0.4, 0.5) is 0 Å². The van der Waals surface area contributed by atoms with Crippen molar-refractivity contribution >= 4 is 27.9 Å². The highest BCUT2D eigenvalue weighted by Crippen LogP contribution is 2.36. The Morgan fingerprint density at radius 1 is 1.56 bits per heavy atom. The van der Waals surface area contributed by atoms with Crippen molar-refractivity contribution in [2.45, 2.75) is 39.2 Å². The van der Waals surface area contributed by atoms with Crippen molar-refractivity contribution in [2.24, 2.45) is 5.41 Å². The highest BCUT2D eigenvalue weighted by molar-refractivity contribution is 9.10. The molecule has 0 saturated heterocycles. The van der Waals surface area contributed by atoms with Crippen LogP contribution in [0, 0.1) is 5.41 Å². The maximum atomic E-state index is 11.7. The van der Waals surface area contributed by atoms with Crippen LogP contribution in [0.2, 0.25) is 0 Å². The minimum atomic E-state index is -0.0507. The number of carbonyl (C=O) groups is 1. The molecule has 1 aliphatic carbocycles. The summed E-state index contributed by atoms with van der Waals surface area (Å²) in [5.41, 5.74) is 0.355. The summed E-state index contributed by atoms with van der Waals surface area (Å²) in [5, 5.41) is 3.03. The van der Waals surface area contributed by atoms with Crippen LogP contribution < -0.4 is 5.32 Å². The first-order valence-electron chi connectivity index (χ1n) is 6.19. The van der Waals surface area contributed by atoms with Gasteiger partial charge in [0.25, 0.3) is 0 Å². The van der Waals surface area contributed by atoms with E-state index in [1.165, 1.54) is 12.5 Å². The lowest BCUT2D eigenvalue weighted by Gasteiger charge is -2.17. The summed E-state index contributed by atoms with van der Waals surface area (Å²) in [5.74, 6) is 0.619. The third-order valence-corrected chi connectivity index (χ3v) is 3.73. The number of carbonyl (C=O) groups excluding carboxylic acids is 1. The number of amides is 1. The fraction of sp³-hybridized carbons (Fsp3) is 0.500. The zero-order valence-corrected chi connectivity index (χ0v) is 12.3. The summed E-state index contributed by atoms with van der Waals surface area (Å²) in [6.07, 6.45) is 6.50. The topological polar surface area (TPSA) is 42.2 Å². The van der Waals surface area contributed by atoms with Crippen LogP contribution in [-0.4, -0.2) is 11.9 Å². The maximum absolute atomic E-state index is 11.7. The van der Waals surface area contributed by atoms with E-state index in [0.717, 1.165) is 12.8 Å². The molecule has 0 aliphatic heterocycles. The van der Waals surface area contributed by atoms with Gasteiger partial charge in [0.05, 0.1) is 0 Å². The average Bonchev–Trinajstić information content (AvgIpc) is 2.82. The molecule has 4 heteroatoms. The summed E-state index contributed by atoms with van der Waals surface area (Å²) in [6.45, 7) is 4.49. The maximum Gasteiger partial charge on any atom is 0.244 e. The van der Waals surface area contributed by atoms with E-state index in [1.54, 1.807) is 12.1 Å². The number of furan rings is 1. The number of nitrogens with one attached hydrogen (secondary N) is 1. The van der Waals surface area contributed by atoms with Crippen molar-refractivity contribution < 1.29 is 9.21 Å². The van der Waals surface area contributed by atoms with E-state index in [-0.39, 0.29) is 5.91 Å². The van der Waals surface area contributed by atoms with E-state index in [9.17, 15) is 4.79 Å². The second-order valence-corrected chi connectivity index (χ2v) is 6.37. The van der Waals surface area contributed by atoms with Gasteiger partial charge in [-0.05, 0) is 58.8 Å². The molecular weight excluding hydrogens is 294 g/mol. The molecule has 2 rings (SSSR count). The summed E-state index contributed by atoms with van der Waals surface area (Å²) in [6, 6.07) is 3.92. The summed E-state index contributed by atoms with van der Waals surface area (Å²) < 4.78 is 5.95. The number of hydrogen-bond donors (Lipinski definition) is 1. The Hall–Kier alpha value is -1.03. The Bertz CT molecular complexity index is 462. The van der Waals surface area contributed by atoms with Crippen molar-refractivity contribution in [2.75, 3.05) is 0 Å². The molecule has 1 aromatic heterocycles. The molecule has 0 radical (unpaired) electrons. The zero-order valence-electron chi connectivity index (χ0n) is 10.7. The molecule has 0 aromatic carbocycles. The molecule has 0 bridgehead atoms. The molecule has 3 nitrogen and oxygen atoms in total. The molecule has 1 saturated carbocycles. The van der Waals surface area contributed by atoms with E-state index in [4.69, 9.17) is 4.42 Å². The molecule has 18 heavy (non-hydrogen) atoms. The highest BCUT2D eigenvalue weighted by Gasteiger charge is 2.31. The quantitative estimate of drug-likeness (QED) is 0.864. The van der Waals surface area contributed by atoms with Crippen LogP contribution in [-0.2, 0) is 4.79 Å². The van der Waals surface area contributed by atoms with E-state index in [1.807, 2.05) is 6.07 Å². The Morgan fingerprint density at radius 3 is 2.89 bits per heavy atom. The lowest BCUT2D eigenvalue weighted by molar-refractivity contribution is -0.117. The van der Waals surface area contributed by atoms with Gasteiger partial charge in [-0.2, -0.15) is 0 Å². The molecule has 1 heterocycles. The largest absolute Gasteiger partial charge is 0.450 e. The van der Waals surface area contributed by atoms with Crippen LogP contribution in [0.25, 0.3) is 6.08 Å². The van der Waals surface area contributed by atoms with Crippen molar-refractivity contribution in [1.82, 2.24) is 5.32 Å². The van der Waals surface area contributed by atoms with E-state index in [2.05, 4.69) is 35.1 Å². The lowest BCUT2D eigenvalue weighted by Crippen LogP contribution is -2.32. The fourth-order valence-corrected chi connectivity index (χ4v) is 2.70. The second-order valence-electron chi connectivity index (χ2n) is 5.59. The summed E-state index contributed by atoms with van der Waals surface area (Å²) in [7, 11) is 0. The van der Waals surface area contributed by atoms with Gasteiger partial charge in [0, 0.05) is 12.1 Å². The normalized spacial score (nSPS) is 22.5. The molecular formula is C14H18BrNO2. The summed E-state index contributed by atoms with van der Waals surface area (Å²) >= 11 is 3.22. The van der Waals surface area contributed by atoms with Gasteiger partial charge in [-0.1, -0.05) is 13.8 Å². The van der Waals surface area contributed by atoms with Gasteiger partial charge in [-0.15, -0.1) is 0 Å². The van der Waals surface area contributed by atoms with Gasteiger partial charge in [-0.25, -0.2) is 0 Å². The third-order valence-electron chi connectivity index (χ3n) is 3.31. The lowest BCUT2D eigenvalue weighted by atomic mass is 9.92. The van der Waals surface area contributed by atoms with Crippen LogP contribution in [0.1, 0.15) is 38.9 Å². The first-order valence-corrected chi connectivity index (χ1v) is 6.98. The predicted molar refractivity (Wildman–Crippen MR) is 75.0 cm³/mol. The Labute approximate surface area is 116 Å². The van der Waals surface area contributed by atoms with Crippen LogP contribution in [0.3, 0.4) is 0 Å². The molecule has 1 fully saturated rings. The number of rotatable bonds is 3. The Balaban J connectivity index is 1.84. The monoisotopic (exact) mass is 311 g/mol. The highest BCUT2D eigenvalue weighted by atomic mass is 79.9. The van der Waals surface area contributed by atoms with E-state index >= 15 is 0 Å². The smallest absolute Gasteiger partial charge is 0.244 e. The molecule has 98 valence electrons. The van der Waals surface area contributed by atoms with E-state index in [0.29, 0.717) is 21.9 Å². The summed E-state index contributed by atoms with van der Waals surface area (Å²) in [4.78, 5) is 11.7. The van der Waals surface area contributed by atoms with E-state index < -0.39 is 0 Å². The van der Waals surface area contributed by atoms with Gasteiger partial charge >= 0.3 is 0 Å². The molecule has 1 amide bonds. The third kappa shape index (κ3) is 3.73. The van der Waals surface area contributed by atoms with Crippen LogP contribution in [0.5, 0.6) is 0 Å². The van der Waals surface area contributed by atoms with Gasteiger partial charge in [0.15, 0.2) is 4.67 Å². The Morgan fingerprint density at radius 2 is 2.33 bits per heavy atom. The van der Waals surface area contributed by atoms with Crippen LogP contribution >= 0.6 is 15.9 Å². The average molecular weight is 312 g/mol. The molecule has 1 atom stereocenters. The van der Waals surface area contributed by atoms with Crippen molar-refractivity contribution in [3.8, 4) is 0 Å². The van der Waals surface area contributed by atoms with Crippen molar-refractivity contribution in [1.29, 1.82) is 0 Å². The van der Waals surface area contributed by atoms with Gasteiger partial charge in [0.1, 0.15) is 5.76 Å². The fourth-order valence-electron chi connectivity index (χ4n) is 2.38. The molecule has 1 unspecified atom stereocenters. The molecule has 1 aromatic rings. The number of halogens is 1. The first-order chi connectivity index (χ1) is 8.44. The van der Waals surface area contributed by atoms with Gasteiger partial charge in [-0.3, -0.25) is 4.79 Å². The number of hydrogen-bond acceptors (Lipinski definition) is 2. The zero-order chi connectivity index (χ0) is 13.2. The van der Waals surface area contributed by atoms with Gasteiger partial charge < -0.3 is 9.73 Å². The SMILES string of the molecule is CC1(C)CCC(NC(=O)/C=C/c2ccc(Br)o2)C1. The van der Waals surface area contributed by atoms with Crippen molar-refractivity contribution in [3.05, 3.63) is 28.6 Å².